The quantitative estimate of drug-likeness (QED) is 0.915. The van der Waals surface area contributed by atoms with Gasteiger partial charge in [-0.05, 0) is 30.5 Å². The van der Waals surface area contributed by atoms with Crippen molar-refractivity contribution < 1.29 is 0 Å². The first-order chi connectivity index (χ1) is 8.24. The predicted molar refractivity (Wildman–Crippen MR) is 75.1 cm³/mol. The average Bonchev–Trinajstić information content (AvgIpc) is 2.54. The van der Waals surface area contributed by atoms with Gasteiger partial charge in [-0.3, -0.25) is 0 Å². The maximum atomic E-state index is 3.63. The van der Waals surface area contributed by atoms with Crippen molar-refractivity contribution in [2.45, 2.75) is 31.8 Å². The van der Waals surface area contributed by atoms with Crippen LogP contribution in [0.25, 0.3) is 10.9 Å². The molecule has 3 heteroatoms. The third-order valence-electron chi connectivity index (χ3n) is 3.72. The summed E-state index contributed by atoms with van der Waals surface area (Å²) >= 11 is 3.53. The highest BCUT2D eigenvalue weighted by molar-refractivity contribution is 9.10. The molecule has 2 nitrogen and oxygen atoms in total. The first-order valence-corrected chi connectivity index (χ1v) is 7.00. The molecule has 1 saturated carbocycles. The monoisotopic (exact) mass is 292 g/mol. The maximum Gasteiger partial charge on any atom is 0.0492 e. The Kier molecular flexibility index (Phi) is 2.97. The summed E-state index contributed by atoms with van der Waals surface area (Å²) in [5.41, 5.74) is 2.70. The summed E-state index contributed by atoms with van der Waals surface area (Å²) in [5, 5.41) is 4.99. The SMILES string of the molecule is Cn1cc(CNC2CCC2)c2ccc(Br)cc21. The Labute approximate surface area is 110 Å². The van der Waals surface area contributed by atoms with Crippen molar-refractivity contribution in [3.63, 3.8) is 0 Å². The average molecular weight is 293 g/mol. The second-order valence-electron chi connectivity index (χ2n) is 4.94. The summed E-state index contributed by atoms with van der Waals surface area (Å²) in [6, 6.07) is 7.26. The van der Waals surface area contributed by atoms with Gasteiger partial charge in [0.15, 0.2) is 0 Å². The molecule has 0 saturated heterocycles. The van der Waals surface area contributed by atoms with Crippen LogP contribution in [0.1, 0.15) is 24.8 Å². The lowest BCUT2D eigenvalue weighted by molar-refractivity contribution is 0.338. The second-order valence-corrected chi connectivity index (χ2v) is 5.85. The largest absolute Gasteiger partial charge is 0.350 e. The molecule has 1 heterocycles. The van der Waals surface area contributed by atoms with Crippen LogP contribution < -0.4 is 5.32 Å². The number of nitrogens with zero attached hydrogens (tertiary/aromatic N) is 1. The lowest BCUT2D eigenvalue weighted by atomic mass is 9.93. The van der Waals surface area contributed by atoms with Crippen LogP contribution >= 0.6 is 15.9 Å². The Hall–Kier alpha value is -0.800. The Morgan fingerprint density at radius 1 is 1.41 bits per heavy atom. The minimum absolute atomic E-state index is 0.751. The van der Waals surface area contributed by atoms with E-state index in [1.807, 2.05) is 0 Å². The van der Waals surface area contributed by atoms with Gasteiger partial charge >= 0.3 is 0 Å². The molecule has 0 amide bonds. The van der Waals surface area contributed by atoms with E-state index in [0.717, 1.165) is 17.1 Å². The van der Waals surface area contributed by atoms with Crippen molar-refractivity contribution >= 4 is 26.8 Å². The number of aryl methyl sites for hydroxylation is 1. The number of fused-ring (bicyclic) bond motifs is 1. The molecule has 1 fully saturated rings. The summed E-state index contributed by atoms with van der Waals surface area (Å²) < 4.78 is 3.35. The molecule has 2 aromatic rings. The van der Waals surface area contributed by atoms with E-state index in [1.54, 1.807) is 0 Å². The predicted octanol–water partition coefficient (Wildman–Crippen LogP) is 3.58. The fourth-order valence-corrected chi connectivity index (χ4v) is 2.80. The molecule has 0 atom stereocenters. The Morgan fingerprint density at radius 3 is 2.94 bits per heavy atom. The van der Waals surface area contributed by atoms with Gasteiger partial charge in [0.1, 0.15) is 0 Å². The Morgan fingerprint density at radius 2 is 2.24 bits per heavy atom. The molecule has 3 rings (SSSR count). The number of hydrogen-bond donors (Lipinski definition) is 1. The van der Waals surface area contributed by atoms with Crippen LogP contribution in [0.2, 0.25) is 0 Å². The fraction of sp³-hybridized carbons (Fsp3) is 0.429. The number of aromatic nitrogens is 1. The van der Waals surface area contributed by atoms with Gasteiger partial charge in [0.05, 0.1) is 0 Å². The van der Waals surface area contributed by atoms with E-state index in [-0.39, 0.29) is 0 Å². The Bertz CT molecular complexity index is 540. The molecular weight excluding hydrogens is 276 g/mol. The van der Waals surface area contributed by atoms with Crippen molar-refractivity contribution in [1.82, 2.24) is 9.88 Å². The van der Waals surface area contributed by atoms with Crippen LogP contribution in [-0.2, 0) is 13.6 Å². The van der Waals surface area contributed by atoms with E-state index in [1.165, 1.54) is 35.7 Å². The smallest absolute Gasteiger partial charge is 0.0492 e. The van der Waals surface area contributed by atoms with Crippen molar-refractivity contribution in [2.75, 3.05) is 0 Å². The first-order valence-electron chi connectivity index (χ1n) is 6.21. The standard InChI is InChI=1S/C14H17BrN2/c1-17-9-10(8-16-12-3-2-4-12)13-6-5-11(15)7-14(13)17/h5-7,9,12,16H,2-4,8H2,1H3. The van der Waals surface area contributed by atoms with Crippen LogP contribution in [-0.4, -0.2) is 10.6 Å². The third kappa shape index (κ3) is 2.14. The van der Waals surface area contributed by atoms with Crippen LogP contribution in [0.15, 0.2) is 28.9 Å². The van der Waals surface area contributed by atoms with Crippen LogP contribution in [0.5, 0.6) is 0 Å². The number of benzene rings is 1. The molecule has 90 valence electrons. The number of hydrogen-bond acceptors (Lipinski definition) is 1. The minimum Gasteiger partial charge on any atom is -0.350 e. The van der Waals surface area contributed by atoms with E-state index < -0.39 is 0 Å². The number of nitrogens with one attached hydrogen (secondary N) is 1. The van der Waals surface area contributed by atoms with Gasteiger partial charge in [-0.1, -0.05) is 28.4 Å². The molecule has 0 spiro atoms. The topological polar surface area (TPSA) is 17.0 Å². The van der Waals surface area contributed by atoms with Crippen molar-refractivity contribution in [3.8, 4) is 0 Å². The number of halogens is 1. The summed E-state index contributed by atoms with van der Waals surface area (Å²) in [5.74, 6) is 0. The van der Waals surface area contributed by atoms with Gasteiger partial charge in [0.25, 0.3) is 0 Å². The lowest BCUT2D eigenvalue weighted by Crippen LogP contribution is -2.34. The molecule has 0 bridgehead atoms. The highest BCUT2D eigenvalue weighted by atomic mass is 79.9. The van der Waals surface area contributed by atoms with E-state index in [9.17, 15) is 0 Å². The molecule has 1 aromatic carbocycles. The zero-order valence-corrected chi connectivity index (χ0v) is 11.6. The maximum absolute atomic E-state index is 3.63. The third-order valence-corrected chi connectivity index (χ3v) is 4.21. The normalized spacial score (nSPS) is 16.4. The van der Waals surface area contributed by atoms with E-state index in [4.69, 9.17) is 0 Å². The molecule has 1 aromatic heterocycles. The zero-order chi connectivity index (χ0) is 11.8. The molecular formula is C14H17BrN2. The molecule has 1 N–H and O–H groups in total. The van der Waals surface area contributed by atoms with Gasteiger partial charge in [0.2, 0.25) is 0 Å². The van der Waals surface area contributed by atoms with Gasteiger partial charge in [-0.15, -0.1) is 0 Å². The summed E-state index contributed by atoms with van der Waals surface area (Å²) in [7, 11) is 2.11. The first kappa shape index (κ1) is 11.3. The minimum atomic E-state index is 0.751. The van der Waals surface area contributed by atoms with Crippen molar-refractivity contribution in [3.05, 3.63) is 34.4 Å². The molecule has 1 aliphatic rings. The summed E-state index contributed by atoms with van der Waals surface area (Å²) in [6.45, 7) is 0.990. The summed E-state index contributed by atoms with van der Waals surface area (Å²) in [4.78, 5) is 0. The Balaban J connectivity index is 1.88. The van der Waals surface area contributed by atoms with Crippen molar-refractivity contribution in [2.24, 2.45) is 7.05 Å². The van der Waals surface area contributed by atoms with E-state index in [2.05, 4.69) is 57.3 Å². The van der Waals surface area contributed by atoms with Crippen LogP contribution in [0.4, 0.5) is 0 Å². The molecule has 0 unspecified atom stereocenters. The fourth-order valence-electron chi connectivity index (χ4n) is 2.45. The van der Waals surface area contributed by atoms with Gasteiger partial charge in [-0.2, -0.15) is 0 Å². The highest BCUT2D eigenvalue weighted by Gasteiger charge is 2.17. The van der Waals surface area contributed by atoms with Gasteiger partial charge < -0.3 is 9.88 Å². The molecule has 1 aliphatic carbocycles. The van der Waals surface area contributed by atoms with E-state index >= 15 is 0 Å². The highest BCUT2D eigenvalue weighted by Crippen LogP contribution is 2.25. The molecule has 0 radical (unpaired) electrons. The van der Waals surface area contributed by atoms with Crippen molar-refractivity contribution in [1.29, 1.82) is 0 Å². The molecule has 0 aliphatic heterocycles. The van der Waals surface area contributed by atoms with Crippen LogP contribution in [0, 0.1) is 0 Å². The summed E-state index contributed by atoms with van der Waals surface area (Å²) in [6.07, 6.45) is 6.32. The second kappa shape index (κ2) is 4.46. The van der Waals surface area contributed by atoms with E-state index in [0.29, 0.717) is 0 Å². The zero-order valence-electron chi connectivity index (χ0n) is 10.0. The lowest BCUT2D eigenvalue weighted by Gasteiger charge is -2.26. The van der Waals surface area contributed by atoms with Gasteiger partial charge in [0, 0.05) is 41.2 Å². The number of rotatable bonds is 3. The van der Waals surface area contributed by atoms with Crippen LogP contribution in [0.3, 0.4) is 0 Å². The van der Waals surface area contributed by atoms with Gasteiger partial charge in [-0.25, -0.2) is 0 Å². The molecule has 17 heavy (non-hydrogen) atoms.